The number of piperidine rings is 1. The van der Waals surface area contributed by atoms with Crippen LogP contribution in [-0.4, -0.2) is 29.6 Å². The van der Waals surface area contributed by atoms with Crippen LogP contribution >= 0.6 is 23.2 Å². The van der Waals surface area contributed by atoms with Crippen LogP contribution in [0.2, 0.25) is 10.0 Å². The van der Waals surface area contributed by atoms with E-state index in [0.29, 0.717) is 16.0 Å². The van der Waals surface area contributed by atoms with Crippen LogP contribution in [0.25, 0.3) is 0 Å². The summed E-state index contributed by atoms with van der Waals surface area (Å²) in [6.45, 7) is 2.89. The predicted octanol–water partition coefficient (Wildman–Crippen LogP) is 4.43. The van der Waals surface area contributed by atoms with Gasteiger partial charge in [-0.2, -0.15) is 4.98 Å². The lowest BCUT2D eigenvalue weighted by Gasteiger charge is -2.27. The van der Waals surface area contributed by atoms with E-state index in [2.05, 4.69) is 20.2 Å². The van der Waals surface area contributed by atoms with Crippen molar-refractivity contribution in [2.75, 3.05) is 29.9 Å². The number of nitrogens with zero attached hydrogens (tertiary/aromatic N) is 3. The van der Waals surface area contributed by atoms with E-state index in [9.17, 15) is 0 Å². The highest BCUT2D eigenvalue weighted by Crippen LogP contribution is 2.21. The van der Waals surface area contributed by atoms with Gasteiger partial charge in [-0.1, -0.05) is 29.3 Å². The van der Waals surface area contributed by atoms with Crippen molar-refractivity contribution in [3.05, 3.63) is 46.1 Å². The minimum absolute atomic E-state index is 0.657. The monoisotopic (exact) mass is 350 g/mol. The molecule has 0 unspecified atom stereocenters. The zero-order chi connectivity index (χ0) is 16.1. The fourth-order valence-corrected chi connectivity index (χ4v) is 3.27. The molecule has 0 saturated carbocycles. The Kier molecular flexibility index (Phi) is 5.57. The second kappa shape index (κ2) is 7.84. The second-order valence-electron chi connectivity index (χ2n) is 5.70. The maximum absolute atomic E-state index is 6.19. The van der Waals surface area contributed by atoms with E-state index >= 15 is 0 Å². The third kappa shape index (κ3) is 4.49. The maximum Gasteiger partial charge on any atom is 0.224 e. The van der Waals surface area contributed by atoms with Gasteiger partial charge in [0.1, 0.15) is 5.82 Å². The second-order valence-corrected chi connectivity index (χ2v) is 6.54. The average molecular weight is 351 g/mol. The van der Waals surface area contributed by atoms with Gasteiger partial charge in [0.05, 0.1) is 0 Å². The number of benzene rings is 1. The fraction of sp³-hybridized carbons (Fsp3) is 0.412. The number of halogens is 2. The Morgan fingerprint density at radius 1 is 1.09 bits per heavy atom. The maximum atomic E-state index is 6.19. The van der Waals surface area contributed by atoms with Crippen LogP contribution in [0, 0.1) is 0 Å². The first-order valence-electron chi connectivity index (χ1n) is 7.98. The number of aromatic nitrogens is 2. The van der Waals surface area contributed by atoms with Gasteiger partial charge in [0.15, 0.2) is 0 Å². The highest BCUT2D eigenvalue weighted by Gasteiger charge is 2.12. The number of nitrogens with one attached hydrogen (secondary N) is 1. The molecule has 0 amide bonds. The lowest BCUT2D eigenvalue weighted by atomic mass is 10.1. The number of hydrogen-bond acceptors (Lipinski definition) is 4. The first kappa shape index (κ1) is 16.3. The summed E-state index contributed by atoms with van der Waals surface area (Å²) in [5, 5.41) is 4.63. The van der Waals surface area contributed by atoms with Gasteiger partial charge in [0, 0.05) is 35.9 Å². The quantitative estimate of drug-likeness (QED) is 0.865. The lowest BCUT2D eigenvalue weighted by Crippen LogP contribution is -2.30. The SMILES string of the molecule is Clc1ccc(CCNc2nccc(N3CCCCC3)n2)c(Cl)c1. The van der Waals surface area contributed by atoms with Gasteiger partial charge in [0.2, 0.25) is 5.95 Å². The van der Waals surface area contributed by atoms with Crippen molar-refractivity contribution in [2.45, 2.75) is 25.7 Å². The molecule has 1 aromatic heterocycles. The van der Waals surface area contributed by atoms with E-state index in [1.807, 2.05) is 24.4 Å². The van der Waals surface area contributed by atoms with Crippen molar-refractivity contribution in [2.24, 2.45) is 0 Å². The van der Waals surface area contributed by atoms with Gasteiger partial charge >= 0.3 is 0 Å². The van der Waals surface area contributed by atoms with E-state index < -0.39 is 0 Å². The van der Waals surface area contributed by atoms with Crippen LogP contribution in [0.1, 0.15) is 24.8 Å². The first-order valence-corrected chi connectivity index (χ1v) is 8.74. The summed E-state index contributed by atoms with van der Waals surface area (Å²) in [7, 11) is 0. The smallest absolute Gasteiger partial charge is 0.224 e. The summed E-state index contributed by atoms with van der Waals surface area (Å²) in [5.74, 6) is 1.67. The molecule has 2 aromatic rings. The molecule has 0 aliphatic carbocycles. The molecule has 122 valence electrons. The zero-order valence-electron chi connectivity index (χ0n) is 12.9. The lowest BCUT2D eigenvalue weighted by molar-refractivity contribution is 0.573. The molecule has 1 aliphatic heterocycles. The van der Waals surface area contributed by atoms with E-state index in [4.69, 9.17) is 23.2 Å². The predicted molar refractivity (Wildman–Crippen MR) is 96.8 cm³/mol. The minimum atomic E-state index is 0.657. The summed E-state index contributed by atoms with van der Waals surface area (Å²) in [6, 6.07) is 7.56. The average Bonchev–Trinajstić information content (AvgIpc) is 2.58. The molecule has 2 heterocycles. The molecule has 4 nitrogen and oxygen atoms in total. The Morgan fingerprint density at radius 3 is 2.70 bits per heavy atom. The fourth-order valence-electron chi connectivity index (χ4n) is 2.77. The molecule has 1 N–H and O–H groups in total. The van der Waals surface area contributed by atoms with Crippen molar-refractivity contribution >= 4 is 35.0 Å². The van der Waals surface area contributed by atoms with Crippen LogP contribution < -0.4 is 10.2 Å². The molecule has 6 heteroatoms. The molecule has 1 aliphatic rings. The van der Waals surface area contributed by atoms with Crippen LogP contribution in [0.5, 0.6) is 0 Å². The molecule has 23 heavy (non-hydrogen) atoms. The molecule has 1 saturated heterocycles. The van der Waals surface area contributed by atoms with E-state index in [0.717, 1.165) is 37.4 Å². The van der Waals surface area contributed by atoms with Gasteiger partial charge in [-0.05, 0) is 49.4 Å². The third-order valence-corrected chi connectivity index (χ3v) is 4.60. The van der Waals surface area contributed by atoms with Crippen molar-refractivity contribution in [1.82, 2.24) is 9.97 Å². The van der Waals surface area contributed by atoms with E-state index in [1.54, 1.807) is 6.07 Å². The molecular weight excluding hydrogens is 331 g/mol. The standard InChI is InChI=1S/C17H20Cl2N4/c18-14-5-4-13(15(19)12-14)6-8-20-17-21-9-7-16(22-17)23-10-2-1-3-11-23/h4-5,7,9,12H,1-3,6,8,10-11H2,(H,20,21,22). The van der Waals surface area contributed by atoms with E-state index in [-0.39, 0.29) is 0 Å². The van der Waals surface area contributed by atoms with Crippen LogP contribution in [0.4, 0.5) is 11.8 Å². The highest BCUT2D eigenvalue weighted by atomic mass is 35.5. The largest absolute Gasteiger partial charge is 0.356 e. The molecule has 1 fully saturated rings. The van der Waals surface area contributed by atoms with Gasteiger partial charge in [-0.15, -0.1) is 0 Å². The van der Waals surface area contributed by atoms with Crippen LogP contribution in [0.3, 0.4) is 0 Å². The summed E-state index contributed by atoms with van der Waals surface area (Å²) in [5.41, 5.74) is 1.07. The minimum Gasteiger partial charge on any atom is -0.356 e. The molecule has 0 spiro atoms. The first-order chi connectivity index (χ1) is 11.2. The molecule has 0 radical (unpaired) electrons. The Morgan fingerprint density at radius 2 is 1.91 bits per heavy atom. The zero-order valence-corrected chi connectivity index (χ0v) is 14.4. The summed E-state index contributed by atoms with van der Waals surface area (Å²) in [6.07, 6.45) is 6.40. The third-order valence-electron chi connectivity index (χ3n) is 4.01. The summed E-state index contributed by atoms with van der Waals surface area (Å²) >= 11 is 12.1. The molecule has 1 aromatic carbocycles. The van der Waals surface area contributed by atoms with E-state index in [1.165, 1.54) is 19.3 Å². The van der Waals surface area contributed by atoms with Crippen molar-refractivity contribution in [3.63, 3.8) is 0 Å². The van der Waals surface area contributed by atoms with Crippen LogP contribution in [-0.2, 0) is 6.42 Å². The molecule has 0 bridgehead atoms. The summed E-state index contributed by atoms with van der Waals surface area (Å²) in [4.78, 5) is 11.2. The number of rotatable bonds is 5. The Labute approximate surface area is 146 Å². The summed E-state index contributed by atoms with van der Waals surface area (Å²) < 4.78 is 0. The van der Waals surface area contributed by atoms with Crippen molar-refractivity contribution < 1.29 is 0 Å². The molecule has 0 atom stereocenters. The topological polar surface area (TPSA) is 41.1 Å². The Balaban J connectivity index is 1.57. The Bertz CT molecular complexity index is 657. The highest BCUT2D eigenvalue weighted by molar-refractivity contribution is 6.35. The van der Waals surface area contributed by atoms with Gasteiger partial charge in [-0.25, -0.2) is 4.98 Å². The number of hydrogen-bond donors (Lipinski definition) is 1. The van der Waals surface area contributed by atoms with Crippen molar-refractivity contribution in [3.8, 4) is 0 Å². The molecule has 3 rings (SSSR count). The van der Waals surface area contributed by atoms with Gasteiger partial charge in [0.25, 0.3) is 0 Å². The van der Waals surface area contributed by atoms with Crippen molar-refractivity contribution in [1.29, 1.82) is 0 Å². The Hall–Kier alpha value is -1.52. The van der Waals surface area contributed by atoms with Gasteiger partial charge in [-0.3, -0.25) is 0 Å². The van der Waals surface area contributed by atoms with Gasteiger partial charge < -0.3 is 10.2 Å². The molecular formula is C17H20Cl2N4. The normalized spacial score (nSPS) is 14.8. The van der Waals surface area contributed by atoms with Crippen LogP contribution in [0.15, 0.2) is 30.5 Å². The number of anilines is 2.